The van der Waals surface area contributed by atoms with Gasteiger partial charge in [-0.15, -0.1) is 0 Å². The molecule has 7 aromatic rings. The van der Waals surface area contributed by atoms with Crippen LogP contribution in [-0.4, -0.2) is 82.4 Å². The lowest BCUT2D eigenvalue weighted by molar-refractivity contribution is 0.0599. The van der Waals surface area contributed by atoms with Crippen molar-refractivity contribution in [2.45, 2.75) is 74.0 Å². The molecule has 4 aromatic carbocycles. The van der Waals surface area contributed by atoms with E-state index in [0.29, 0.717) is 47.8 Å². The number of carbonyl (C=O) groups excluding carboxylic acids is 5. The maximum atomic E-state index is 12.7. The van der Waals surface area contributed by atoms with Gasteiger partial charge in [-0.2, -0.15) is 0 Å². The van der Waals surface area contributed by atoms with Gasteiger partial charge in [-0.05, 0) is 122 Å². The molecule has 3 aliphatic carbocycles. The second-order valence-electron chi connectivity index (χ2n) is 19.0. The first-order valence-electron chi connectivity index (χ1n) is 22.9. The Labute approximate surface area is 383 Å². The van der Waals surface area contributed by atoms with Crippen molar-refractivity contribution >= 4 is 74.0 Å². The number of nitrogens with one attached hydrogen (secondary N) is 7. The molecule has 340 valence electrons. The van der Waals surface area contributed by atoms with Crippen LogP contribution >= 0.6 is 0 Å². The van der Waals surface area contributed by atoms with E-state index in [9.17, 15) is 28.8 Å². The predicted molar refractivity (Wildman–Crippen MR) is 251 cm³/mol. The Morgan fingerprint density at radius 2 is 0.925 bits per heavy atom. The fourth-order valence-corrected chi connectivity index (χ4v) is 11.4. The zero-order chi connectivity index (χ0) is 46.2. The number of aromatic nitrogens is 3. The van der Waals surface area contributed by atoms with E-state index in [0.717, 1.165) is 100 Å². The number of anilines is 1. The molecule has 6 aliphatic rings. The van der Waals surface area contributed by atoms with Gasteiger partial charge in [0.25, 0.3) is 23.6 Å². The second kappa shape index (κ2) is 15.7. The summed E-state index contributed by atoms with van der Waals surface area (Å²) in [6.45, 7) is 2.03. The van der Waals surface area contributed by atoms with Gasteiger partial charge in [-0.3, -0.25) is 19.2 Å². The van der Waals surface area contributed by atoms with Crippen LogP contribution in [0.1, 0.15) is 137 Å². The first kappa shape index (κ1) is 42.0. The molecule has 15 heteroatoms. The van der Waals surface area contributed by atoms with Crippen LogP contribution in [0.5, 0.6) is 0 Å². The number of carboxylic acids is 1. The Balaban J connectivity index is 0.000000112. The number of benzene rings is 4. The average Bonchev–Trinajstić information content (AvgIpc) is 4.02. The summed E-state index contributed by atoms with van der Waals surface area (Å²) in [5, 5.41) is 23.9. The topological polar surface area (TPSA) is 227 Å². The highest BCUT2D eigenvalue weighted by Gasteiger charge is 2.48. The number of aromatic carboxylic acids is 1. The van der Waals surface area contributed by atoms with Crippen molar-refractivity contribution in [1.82, 2.24) is 30.9 Å². The van der Waals surface area contributed by atoms with Gasteiger partial charge >= 0.3 is 11.9 Å². The molecule has 3 aliphatic heterocycles. The predicted octanol–water partition coefficient (Wildman–Crippen LogP) is 7.74. The lowest BCUT2D eigenvalue weighted by atomic mass is 9.62. The number of para-hydroxylation sites is 1. The molecule has 67 heavy (non-hydrogen) atoms. The molecule has 13 rings (SSSR count). The van der Waals surface area contributed by atoms with E-state index in [1.807, 2.05) is 54.6 Å². The third-order valence-electron chi connectivity index (χ3n) is 15.3. The zero-order valence-corrected chi connectivity index (χ0v) is 36.9. The number of amides is 4. The van der Waals surface area contributed by atoms with Gasteiger partial charge in [-0.1, -0.05) is 37.5 Å². The number of ether oxygens (including phenoxy) is 1. The van der Waals surface area contributed by atoms with Crippen LogP contribution in [0.2, 0.25) is 0 Å². The largest absolute Gasteiger partial charge is 0.478 e. The van der Waals surface area contributed by atoms with Gasteiger partial charge in [0.1, 0.15) is 17.1 Å². The first-order chi connectivity index (χ1) is 32.4. The molecule has 3 fully saturated rings. The van der Waals surface area contributed by atoms with Crippen LogP contribution in [0.4, 0.5) is 5.69 Å². The number of methoxy groups -OCH3 is 1. The van der Waals surface area contributed by atoms with Gasteiger partial charge in [0.15, 0.2) is 0 Å². The van der Waals surface area contributed by atoms with Crippen molar-refractivity contribution in [2.75, 3.05) is 32.1 Å². The third kappa shape index (κ3) is 6.77. The van der Waals surface area contributed by atoms with Crippen molar-refractivity contribution in [3.63, 3.8) is 0 Å². The number of hydrogen-bond acceptors (Lipinski definition) is 7. The molecule has 3 saturated carbocycles. The summed E-state index contributed by atoms with van der Waals surface area (Å²) < 4.78 is 4.79. The van der Waals surface area contributed by atoms with Crippen molar-refractivity contribution in [2.24, 2.45) is 0 Å². The Kier molecular flexibility index (Phi) is 9.87. The van der Waals surface area contributed by atoms with Crippen LogP contribution in [-0.2, 0) is 21.0 Å². The maximum absolute atomic E-state index is 12.7. The Hall–Kier alpha value is -7.68. The summed E-state index contributed by atoms with van der Waals surface area (Å²) in [6, 6.07) is 25.4. The zero-order valence-electron chi connectivity index (χ0n) is 36.9. The number of aromatic amines is 3. The molecule has 0 saturated heterocycles. The highest BCUT2D eigenvalue weighted by molar-refractivity contribution is 6.10. The Morgan fingerprint density at radius 3 is 1.31 bits per heavy atom. The molecule has 3 spiro atoms. The fourth-order valence-electron chi connectivity index (χ4n) is 11.4. The smallest absolute Gasteiger partial charge is 0.337 e. The van der Waals surface area contributed by atoms with E-state index < -0.39 is 5.97 Å². The van der Waals surface area contributed by atoms with Gasteiger partial charge in [0, 0.05) is 79.8 Å². The number of H-pyrrole nitrogens is 3. The van der Waals surface area contributed by atoms with E-state index >= 15 is 0 Å². The van der Waals surface area contributed by atoms with Crippen LogP contribution in [0.3, 0.4) is 0 Å². The van der Waals surface area contributed by atoms with Crippen molar-refractivity contribution in [3.05, 3.63) is 135 Å². The van der Waals surface area contributed by atoms with Crippen LogP contribution in [0, 0.1) is 0 Å². The number of fused-ring (bicyclic) bond motifs is 12. The highest BCUT2D eigenvalue weighted by Crippen LogP contribution is 2.51. The summed E-state index contributed by atoms with van der Waals surface area (Å²) >= 11 is 0. The number of hydrogen-bond donors (Lipinski definition) is 8. The minimum atomic E-state index is -0.940. The quantitative estimate of drug-likeness (QED) is 0.0814. The third-order valence-corrected chi connectivity index (χ3v) is 15.3. The van der Waals surface area contributed by atoms with Gasteiger partial charge in [0.2, 0.25) is 0 Å². The summed E-state index contributed by atoms with van der Waals surface area (Å²) in [6.07, 6.45) is 9.91. The fraction of sp³-hybridized carbons (Fsp3) is 0.308. The normalized spacial score (nSPS) is 18.6. The van der Waals surface area contributed by atoms with E-state index in [-0.39, 0.29) is 51.4 Å². The minimum Gasteiger partial charge on any atom is -0.478 e. The molecule has 6 heterocycles. The Bertz CT molecular complexity index is 3240. The minimum absolute atomic E-state index is 0.00137. The van der Waals surface area contributed by atoms with E-state index in [4.69, 9.17) is 9.84 Å². The van der Waals surface area contributed by atoms with E-state index in [1.54, 1.807) is 30.3 Å². The molecule has 15 nitrogen and oxygen atoms in total. The number of carbonyl (C=O) groups is 6. The molecule has 0 unspecified atom stereocenters. The molecule has 0 radical (unpaired) electrons. The van der Waals surface area contributed by atoms with Crippen LogP contribution in [0.25, 0.3) is 32.7 Å². The Morgan fingerprint density at radius 1 is 0.537 bits per heavy atom. The molecule has 8 N–H and O–H groups in total. The number of carboxylic acid groups (broad SMARTS) is 1. The SMILES string of the molecule is COC(=O)c1ccc2[nH]c3c(c2c1)C1(CCC1)CNC3=O.O=C(Nc1ccccc1)c1ccc2[nH]c3c(c2c1)C1(CCC1)CNC3=O.O=C(O)c1ccc2[nH]c3c(c2c1)C1(CCC1)CNC3=O. The molecule has 0 bridgehead atoms. The summed E-state index contributed by atoms with van der Waals surface area (Å²) in [5.41, 5.74) is 9.97. The molecular weight excluding hydrogens is 851 g/mol. The standard InChI is InChI=1S/C21H19N3O2.C16H16N2O3.C15H14N2O3/c25-19(23-14-5-2-1-3-6-14)13-7-8-16-15(11-13)17-18(24-16)20(26)22-12-21(17)9-4-10-21;1-21-15(20)9-3-4-11-10(7-9)12-13(18-11)14(19)17-8-16(12)5-2-6-16;18-13-12-11(15(7-16-13)4-1-5-15)9-6-8(14(19)20)2-3-10(9)17-12/h1-3,5-8,11,24H,4,9-10,12H2,(H,22,26)(H,23,25);3-4,7,18H,2,5-6,8H2,1H3,(H,17,19);2-3,6,17H,1,4-5,7H2,(H,16,18)(H,19,20). The van der Waals surface area contributed by atoms with Gasteiger partial charge < -0.3 is 46.1 Å². The van der Waals surface area contributed by atoms with Crippen LogP contribution < -0.4 is 21.3 Å². The summed E-state index contributed by atoms with van der Waals surface area (Å²) in [7, 11) is 1.37. The molecular formula is C52H49N7O8. The monoisotopic (exact) mass is 899 g/mol. The molecule has 3 aromatic heterocycles. The first-order valence-corrected chi connectivity index (χ1v) is 22.9. The van der Waals surface area contributed by atoms with Crippen molar-refractivity contribution < 1.29 is 38.6 Å². The van der Waals surface area contributed by atoms with Crippen molar-refractivity contribution in [3.8, 4) is 0 Å². The average molecular weight is 900 g/mol. The summed E-state index contributed by atoms with van der Waals surface area (Å²) in [4.78, 5) is 81.7. The van der Waals surface area contributed by atoms with Crippen molar-refractivity contribution in [1.29, 1.82) is 0 Å². The van der Waals surface area contributed by atoms with E-state index in [1.165, 1.54) is 20.0 Å². The number of esters is 1. The molecule has 4 amide bonds. The summed E-state index contributed by atoms with van der Waals surface area (Å²) in [5.74, 6) is -1.64. The lowest BCUT2D eigenvalue weighted by Gasteiger charge is -2.45. The van der Waals surface area contributed by atoms with Gasteiger partial charge in [-0.25, -0.2) is 9.59 Å². The molecule has 0 atom stereocenters. The second-order valence-corrected chi connectivity index (χ2v) is 19.0. The van der Waals surface area contributed by atoms with E-state index in [2.05, 4.69) is 36.2 Å². The number of rotatable bonds is 4. The highest BCUT2D eigenvalue weighted by atomic mass is 16.5. The van der Waals surface area contributed by atoms with Crippen LogP contribution in [0.15, 0.2) is 84.9 Å². The lowest BCUT2D eigenvalue weighted by Crippen LogP contribution is -2.50. The van der Waals surface area contributed by atoms with Gasteiger partial charge in [0.05, 0.1) is 18.2 Å². The maximum Gasteiger partial charge on any atom is 0.337 e.